The minimum atomic E-state index is -0.432. The fourth-order valence-corrected chi connectivity index (χ4v) is 4.08. The number of para-hydroxylation sites is 1. The van der Waals surface area contributed by atoms with Gasteiger partial charge in [0.2, 0.25) is 4.96 Å². The van der Waals surface area contributed by atoms with Crippen molar-refractivity contribution in [1.82, 2.24) is 14.6 Å². The number of hydrogen-bond acceptors (Lipinski definition) is 7. The molecule has 0 aliphatic heterocycles. The third-order valence-electron chi connectivity index (χ3n) is 4.88. The molecule has 0 aliphatic carbocycles. The molecule has 4 aromatic rings. The summed E-state index contributed by atoms with van der Waals surface area (Å²) in [6.07, 6.45) is 6.53. The van der Waals surface area contributed by atoms with Crippen LogP contribution in [0.4, 0.5) is 0 Å². The number of hydrogen-bond donors (Lipinski definition) is 0. The maximum Gasteiger partial charge on any atom is 0.296 e. The first-order valence-electron chi connectivity index (χ1n) is 10.5. The molecule has 0 fully saturated rings. The van der Waals surface area contributed by atoms with E-state index in [2.05, 4.69) is 10.1 Å². The van der Waals surface area contributed by atoms with Crippen molar-refractivity contribution in [2.75, 3.05) is 13.7 Å². The zero-order valence-electron chi connectivity index (χ0n) is 18.4. The zero-order chi connectivity index (χ0) is 23.2. The van der Waals surface area contributed by atoms with Gasteiger partial charge < -0.3 is 9.47 Å². The molecule has 168 valence electrons. The van der Waals surface area contributed by atoms with E-state index >= 15 is 0 Å². The number of fused-ring (bicyclic) bond motifs is 1. The van der Waals surface area contributed by atoms with Crippen LogP contribution < -0.4 is 25.1 Å². The van der Waals surface area contributed by atoms with Gasteiger partial charge in [0.05, 0.1) is 18.2 Å². The second kappa shape index (κ2) is 10.2. The Morgan fingerprint density at radius 1 is 1.09 bits per heavy atom. The average Bonchev–Trinajstić information content (AvgIpc) is 3.13. The Balaban J connectivity index is 1.61. The van der Waals surface area contributed by atoms with Gasteiger partial charge in [0.25, 0.3) is 11.1 Å². The maximum atomic E-state index is 12.8. The van der Waals surface area contributed by atoms with Gasteiger partial charge in [0.1, 0.15) is 17.2 Å². The Bertz CT molecular complexity index is 1460. The first kappa shape index (κ1) is 22.4. The molecule has 2 heterocycles. The molecule has 0 N–H and O–H groups in total. The lowest BCUT2D eigenvalue weighted by Gasteiger charge is -2.05. The van der Waals surface area contributed by atoms with Crippen LogP contribution >= 0.6 is 11.3 Å². The van der Waals surface area contributed by atoms with E-state index in [1.807, 2.05) is 61.5 Å². The number of rotatable bonds is 8. The number of thiazole rings is 1. The van der Waals surface area contributed by atoms with Gasteiger partial charge in [-0.25, -0.2) is 0 Å². The molecule has 0 atom stereocenters. The lowest BCUT2D eigenvalue weighted by molar-refractivity contribution is 0.317. The zero-order valence-corrected chi connectivity index (χ0v) is 19.2. The number of methoxy groups -OCH3 is 1. The van der Waals surface area contributed by atoms with Crippen molar-refractivity contribution in [2.45, 2.75) is 19.8 Å². The van der Waals surface area contributed by atoms with E-state index in [9.17, 15) is 9.59 Å². The molecule has 33 heavy (non-hydrogen) atoms. The lowest BCUT2D eigenvalue weighted by atomic mass is 10.1. The monoisotopic (exact) mass is 461 g/mol. The van der Waals surface area contributed by atoms with Crippen molar-refractivity contribution in [2.24, 2.45) is 0 Å². The third kappa shape index (κ3) is 5.18. The summed E-state index contributed by atoms with van der Waals surface area (Å²) in [5, 5.41) is 4.30. The Labute approximate surface area is 194 Å². The van der Waals surface area contributed by atoms with Crippen molar-refractivity contribution >= 4 is 28.4 Å². The van der Waals surface area contributed by atoms with Gasteiger partial charge in [-0.05, 0) is 36.3 Å². The predicted molar refractivity (Wildman–Crippen MR) is 130 cm³/mol. The van der Waals surface area contributed by atoms with Gasteiger partial charge in [-0.3, -0.25) is 9.59 Å². The first-order valence-corrected chi connectivity index (χ1v) is 11.4. The van der Waals surface area contributed by atoms with E-state index < -0.39 is 5.56 Å². The van der Waals surface area contributed by atoms with Gasteiger partial charge in [0.15, 0.2) is 0 Å². The lowest BCUT2D eigenvalue weighted by Crippen LogP contribution is -2.27. The van der Waals surface area contributed by atoms with Crippen molar-refractivity contribution in [1.29, 1.82) is 0 Å². The molecule has 0 amide bonds. The molecule has 0 aliphatic rings. The smallest absolute Gasteiger partial charge is 0.296 e. The van der Waals surface area contributed by atoms with E-state index in [1.54, 1.807) is 19.3 Å². The minimum absolute atomic E-state index is 0.223. The van der Waals surface area contributed by atoms with E-state index in [4.69, 9.17) is 9.47 Å². The summed E-state index contributed by atoms with van der Waals surface area (Å²) in [7, 11) is 1.61. The molecule has 8 heteroatoms. The standard InChI is InChI=1S/C25H23N3O4S/c1-3-15-32-19-13-11-17(12-14-19)16-20-23(29)26-25-28(27-20)24(30)22(33-25)10-6-8-18-7-4-5-9-21(18)31-2/h4-14H,3,15-16H2,1-2H3/b8-6+,22-10+. The highest BCUT2D eigenvalue weighted by molar-refractivity contribution is 7.15. The van der Waals surface area contributed by atoms with Gasteiger partial charge in [-0.1, -0.05) is 60.7 Å². The number of nitrogens with zero attached hydrogens (tertiary/aromatic N) is 3. The summed E-state index contributed by atoms with van der Waals surface area (Å²) in [5.74, 6) is 1.52. The first-order chi connectivity index (χ1) is 16.1. The second-order valence-corrected chi connectivity index (χ2v) is 8.28. The van der Waals surface area contributed by atoms with Crippen LogP contribution in [0.1, 0.15) is 30.2 Å². The van der Waals surface area contributed by atoms with Crippen LogP contribution in [0.3, 0.4) is 0 Å². The number of benzene rings is 2. The number of ether oxygens (including phenoxy) is 2. The van der Waals surface area contributed by atoms with E-state index in [-0.39, 0.29) is 22.6 Å². The van der Waals surface area contributed by atoms with E-state index in [0.29, 0.717) is 11.1 Å². The van der Waals surface area contributed by atoms with Crippen LogP contribution in [0, 0.1) is 0 Å². The third-order valence-corrected chi connectivity index (χ3v) is 5.86. The van der Waals surface area contributed by atoms with E-state index in [1.165, 1.54) is 4.52 Å². The van der Waals surface area contributed by atoms with Crippen LogP contribution in [0.25, 0.3) is 17.1 Å². The molecule has 7 nitrogen and oxygen atoms in total. The SMILES string of the molecule is CCCOc1ccc(Cc2nn3c(=O)/c(=C\C=C\c4ccccc4OC)sc3nc2=O)cc1. The Morgan fingerprint density at radius 2 is 1.88 bits per heavy atom. The van der Waals surface area contributed by atoms with Gasteiger partial charge >= 0.3 is 0 Å². The van der Waals surface area contributed by atoms with Gasteiger partial charge in [0, 0.05) is 12.0 Å². The van der Waals surface area contributed by atoms with Crippen molar-refractivity contribution in [3.63, 3.8) is 0 Å². The summed E-state index contributed by atoms with van der Waals surface area (Å²) in [6.45, 7) is 2.70. The molecule has 2 aromatic heterocycles. The minimum Gasteiger partial charge on any atom is -0.496 e. The van der Waals surface area contributed by atoms with Gasteiger partial charge in [-0.2, -0.15) is 14.6 Å². The largest absolute Gasteiger partial charge is 0.496 e. The van der Waals surface area contributed by atoms with Crippen molar-refractivity contribution < 1.29 is 9.47 Å². The molecule has 0 saturated carbocycles. The van der Waals surface area contributed by atoms with Crippen LogP contribution in [0.2, 0.25) is 0 Å². The molecule has 0 bridgehead atoms. The molecular formula is C25H23N3O4S. The van der Waals surface area contributed by atoms with Gasteiger partial charge in [-0.15, -0.1) is 0 Å². The molecule has 0 spiro atoms. The summed E-state index contributed by atoms with van der Waals surface area (Å²) >= 11 is 1.13. The van der Waals surface area contributed by atoms with Crippen molar-refractivity contribution in [3.8, 4) is 11.5 Å². The van der Waals surface area contributed by atoms with Crippen molar-refractivity contribution in [3.05, 3.63) is 96.7 Å². The van der Waals surface area contributed by atoms with Crippen LogP contribution in [-0.4, -0.2) is 28.3 Å². The molecule has 2 aromatic carbocycles. The second-order valence-electron chi connectivity index (χ2n) is 7.27. The highest BCUT2D eigenvalue weighted by Crippen LogP contribution is 2.18. The number of aromatic nitrogens is 3. The van der Waals surface area contributed by atoms with Crippen LogP contribution in [0.15, 0.2) is 64.2 Å². The van der Waals surface area contributed by atoms with Crippen LogP contribution in [0.5, 0.6) is 11.5 Å². The molecule has 0 radical (unpaired) electrons. The van der Waals surface area contributed by atoms with Crippen LogP contribution in [-0.2, 0) is 6.42 Å². The Kier molecular flexibility index (Phi) is 6.95. The number of allylic oxidation sites excluding steroid dienone is 1. The topological polar surface area (TPSA) is 82.8 Å². The fraction of sp³-hybridized carbons (Fsp3) is 0.200. The summed E-state index contributed by atoms with van der Waals surface area (Å²) in [4.78, 5) is 29.7. The Morgan fingerprint density at radius 3 is 2.64 bits per heavy atom. The molecule has 4 rings (SSSR count). The average molecular weight is 462 g/mol. The summed E-state index contributed by atoms with van der Waals surface area (Å²) < 4.78 is 12.5. The maximum absolute atomic E-state index is 12.8. The quantitative estimate of drug-likeness (QED) is 0.401. The van der Waals surface area contributed by atoms with E-state index in [0.717, 1.165) is 40.4 Å². The molecular weight excluding hydrogens is 438 g/mol. The Hall–Kier alpha value is -3.78. The summed E-state index contributed by atoms with van der Waals surface area (Å²) in [5.41, 5.74) is 1.26. The summed E-state index contributed by atoms with van der Waals surface area (Å²) in [6, 6.07) is 15.1. The molecule has 0 unspecified atom stereocenters. The fourth-order valence-electron chi connectivity index (χ4n) is 3.23. The molecule has 0 saturated heterocycles. The normalized spacial score (nSPS) is 12.0. The highest BCUT2D eigenvalue weighted by atomic mass is 32.1. The highest BCUT2D eigenvalue weighted by Gasteiger charge is 2.11. The predicted octanol–water partition coefficient (Wildman–Crippen LogP) is 3.11.